The number of rotatable bonds is 1. The predicted molar refractivity (Wildman–Crippen MR) is 84.2 cm³/mol. The molecule has 0 amide bonds. The SMILES string of the molecule is CC1CC(c2ccc(Cl)cc2)Nc2ccccc2S1. The van der Waals surface area contributed by atoms with Gasteiger partial charge in [0.15, 0.2) is 0 Å². The molecule has 19 heavy (non-hydrogen) atoms. The highest BCUT2D eigenvalue weighted by Crippen LogP contribution is 2.40. The van der Waals surface area contributed by atoms with Crippen molar-refractivity contribution in [1.82, 2.24) is 0 Å². The molecule has 0 aliphatic carbocycles. The molecule has 0 saturated heterocycles. The van der Waals surface area contributed by atoms with Crippen LogP contribution in [0.1, 0.15) is 24.9 Å². The Morgan fingerprint density at radius 2 is 1.84 bits per heavy atom. The lowest BCUT2D eigenvalue weighted by Gasteiger charge is -2.19. The number of para-hydroxylation sites is 1. The number of benzene rings is 2. The summed E-state index contributed by atoms with van der Waals surface area (Å²) in [6.07, 6.45) is 1.11. The van der Waals surface area contributed by atoms with Gasteiger partial charge in [0.05, 0.1) is 6.04 Å². The topological polar surface area (TPSA) is 12.0 Å². The number of thioether (sulfide) groups is 1. The van der Waals surface area contributed by atoms with Crippen LogP contribution < -0.4 is 5.32 Å². The van der Waals surface area contributed by atoms with Crippen LogP contribution in [0.5, 0.6) is 0 Å². The van der Waals surface area contributed by atoms with E-state index in [0.29, 0.717) is 11.3 Å². The summed E-state index contributed by atoms with van der Waals surface area (Å²) in [6.45, 7) is 2.29. The lowest BCUT2D eigenvalue weighted by Crippen LogP contribution is -2.12. The Balaban J connectivity index is 1.93. The van der Waals surface area contributed by atoms with Gasteiger partial charge in [-0.1, -0.05) is 42.8 Å². The van der Waals surface area contributed by atoms with Crippen LogP contribution in [0.4, 0.5) is 5.69 Å². The molecule has 98 valence electrons. The summed E-state index contributed by atoms with van der Waals surface area (Å²) in [5, 5.41) is 5.05. The van der Waals surface area contributed by atoms with Gasteiger partial charge in [-0.15, -0.1) is 11.8 Å². The standard InChI is InChI=1S/C16H16ClNS/c1-11-10-15(12-6-8-13(17)9-7-12)18-14-4-2-3-5-16(14)19-11/h2-9,11,15,18H,10H2,1H3. The Labute approximate surface area is 123 Å². The highest BCUT2D eigenvalue weighted by molar-refractivity contribution is 8.00. The van der Waals surface area contributed by atoms with E-state index in [4.69, 9.17) is 11.6 Å². The van der Waals surface area contributed by atoms with Gasteiger partial charge >= 0.3 is 0 Å². The van der Waals surface area contributed by atoms with Gasteiger partial charge in [0.1, 0.15) is 0 Å². The van der Waals surface area contributed by atoms with Crippen molar-refractivity contribution in [1.29, 1.82) is 0 Å². The van der Waals surface area contributed by atoms with Gasteiger partial charge in [-0.3, -0.25) is 0 Å². The lowest BCUT2D eigenvalue weighted by molar-refractivity contribution is 0.694. The molecule has 1 aliphatic heterocycles. The second-order valence-electron chi connectivity index (χ2n) is 4.91. The first kappa shape index (κ1) is 12.9. The third-order valence-electron chi connectivity index (χ3n) is 3.38. The molecule has 0 spiro atoms. The molecule has 1 aliphatic rings. The predicted octanol–water partition coefficient (Wildman–Crippen LogP) is 5.38. The van der Waals surface area contributed by atoms with E-state index in [9.17, 15) is 0 Å². The van der Waals surface area contributed by atoms with E-state index in [1.54, 1.807) is 0 Å². The van der Waals surface area contributed by atoms with Gasteiger partial charge in [-0.05, 0) is 36.2 Å². The zero-order valence-corrected chi connectivity index (χ0v) is 12.3. The maximum atomic E-state index is 5.97. The molecule has 2 unspecified atom stereocenters. The van der Waals surface area contributed by atoms with E-state index < -0.39 is 0 Å². The van der Waals surface area contributed by atoms with E-state index in [1.165, 1.54) is 16.1 Å². The van der Waals surface area contributed by atoms with Crippen molar-refractivity contribution in [3.8, 4) is 0 Å². The first-order chi connectivity index (χ1) is 9.22. The molecule has 1 N–H and O–H groups in total. The maximum Gasteiger partial charge on any atom is 0.0524 e. The fourth-order valence-electron chi connectivity index (χ4n) is 2.45. The number of hydrogen-bond donors (Lipinski definition) is 1. The van der Waals surface area contributed by atoms with Crippen LogP contribution >= 0.6 is 23.4 Å². The van der Waals surface area contributed by atoms with Gasteiger partial charge in [0.2, 0.25) is 0 Å². The molecular formula is C16H16ClNS. The average molecular weight is 290 g/mol. The quantitative estimate of drug-likeness (QED) is 0.756. The Hall–Kier alpha value is -1.12. The van der Waals surface area contributed by atoms with Crippen LogP contribution in [0.15, 0.2) is 53.4 Å². The number of nitrogens with one attached hydrogen (secondary N) is 1. The van der Waals surface area contributed by atoms with Crippen molar-refractivity contribution in [2.24, 2.45) is 0 Å². The molecule has 1 heterocycles. The largest absolute Gasteiger partial charge is 0.377 e. The Morgan fingerprint density at radius 3 is 2.63 bits per heavy atom. The second-order valence-corrected chi connectivity index (χ2v) is 6.83. The minimum atomic E-state index is 0.350. The monoisotopic (exact) mass is 289 g/mol. The minimum Gasteiger partial charge on any atom is -0.377 e. The summed E-state index contributed by atoms with van der Waals surface area (Å²) in [6, 6.07) is 17.0. The van der Waals surface area contributed by atoms with Crippen molar-refractivity contribution in [2.75, 3.05) is 5.32 Å². The fourth-order valence-corrected chi connectivity index (χ4v) is 3.71. The first-order valence-electron chi connectivity index (χ1n) is 6.50. The molecule has 0 aromatic heterocycles. The van der Waals surface area contributed by atoms with Gasteiger partial charge in [0, 0.05) is 20.9 Å². The number of hydrogen-bond acceptors (Lipinski definition) is 2. The number of anilines is 1. The lowest BCUT2D eigenvalue weighted by atomic mass is 10.0. The van der Waals surface area contributed by atoms with Gasteiger partial charge < -0.3 is 5.32 Å². The summed E-state index contributed by atoms with van der Waals surface area (Å²) < 4.78 is 0. The summed E-state index contributed by atoms with van der Waals surface area (Å²) in [5.41, 5.74) is 2.53. The van der Waals surface area contributed by atoms with Crippen molar-refractivity contribution in [3.63, 3.8) is 0 Å². The molecule has 2 aromatic rings. The molecule has 2 aromatic carbocycles. The average Bonchev–Trinajstić information content (AvgIpc) is 2.57. The van der Waals surface area contributed by atoms with Crippen molar-refractivity contribution in [2.45, 2.75) is 29.5 Å². The van der Waals surface area contributed by atoms with Gasteiger partial charge in [-0.2, -0.15) is 0 Å². The van der Waals surface area contributed by atoms with Crippen molar-refractivity contribution < 1.29 is 0 Å². The van der Waals surface area contributed by atoms with E-state index in [-0.39, 0.29) is 0 Å². The van der Waals surface area contributed by atoms with Crippen LogP contribution in [0.2, 0.25) is 5.02 Å². The Morgan fingerprint density at radius 1 is 1.11 bits per heavy atom. The van der Waals surface area contributed by atoms with E-state index >= 15 is 0 Å². The maximum absolute atomic E-state index is 5.97. The first-order valence-corrected chi connectivity index (χ1v) is 7.76. The van der Waals surface area contributed by atoms with E-state index in [1.807, 2.05) is 23.9 Å². The molecule has 2 atom stereocenters. The molecule has 3 rings (SSSR count). The van der Waals surface area contributed by atoms with Crippen molar-refractivity contribution in [3.05, 3.63) is 59.1 Å². The zero-order valence-electron chi connectivity index (χ0n) is 10.8. The summed E-state index contributed by atoms with van der Waals surface area (Å²) in [4.78, 5) is 1.34. The third-order valence-corrected chi connectivity index (χ3v) is 4.84. The Kier molecular flexibility index (Phi) is 3.72. The van der Waals surface area contributed by atoms with Crippen LogP contribution in [0, 0.1) is 0 Å². The molecule has 1 nitrogen and oxygen atoms in total. The Bertz CT molecular complexity index is 567. The van der Waals surface area contributed by atoms with E-state index in [2.05, 4.69) is 48.6 Å². The third kappa shape index (κ3) is 2.90. The fraction of sp³-hybridized carbons (Fsp3) is 0.250. The smallest absolute Gasteiger partial charge is 0.0524 e. The number of halogens is 1. The minimum absolute atomic E-state index is 0.350. The van der Waals surface area contributed by atoms with Crippen molar-refractivity contribution >= 4 is 29.1 Å². The number of fused-ring (bicyclic) bond motifs is 1. The molecule has 0 radical (unpaired) electrons. The van der Waals surface area contributed by atoms with Crippen LogP contribution in [-0.4, -0.2) is 5.25 Å². The molecule has 0 fully saturated rings. The van der Waals surface area contributed by atoms with Gasteiger partial charge in [0.25, 0.3) is 0 Å². The molecule has 0 saturated carbocycles. The highest BCUT2D eigenvalue weighted by Gasteiger charge is 2.21. The van der Waals surface area contributed by atoms with Crippen LogP contribution in [-0.2, 0) is 0 Å². The zero-order chi connectivity index (χ0) is 13.2. The molecule has 3 heteroatoms. The van der Waals surface area contributed by atoms with E-state index in [0.717, 1.165) is 11.4 Å². The summed E-state index contributed by atoms with van der Waals surface area (Å²) in [7, 11) is 0. The molecular weight excluding hydrogens is 274 g/mol. The highest BCUT2D eigenvalue weighted by atomic mass is 35.5. The van der Waals surface area contributed by atoms with Crippen LogP contribution in [0.3, 0.4) is 0 Å². The normalized spacial score (nSPS) is 22.2. The van der Waals surface area contributed by atoms with Crippen LogP contribution in [0.25, 0.3) is 0 Å². The summed E-state index contributed by atoms with van der Waals surface area (Å²) in [5.74, 6) is 0. The second kappa shape index (κ2) is 5.48. The molecule has 0 bridgehead atoms. The van der Waals surface area contributed by atoms with Gasteiger partial charge in [-0.25, -0.2) is 0 Å². The summed E-state index contributed by atoms with van der Waals surface area (Å²) >= 11 is 7.91.